The molecule has 0 radical (unpaired) electrons. The Hall–Kier alpha value is -2.71. The van der Waals surface area contributed by atoms with Gasteiger partial charge in [-0.25, -0.2) is 13.8 Å². The van der Waals surface area contributed by atoms with E-state index in [9.17, 15) is 26.7 Å². The summed E-state index contributed by atoms with van der Waals surface area (Å²) >= 11 is 0. The molecule has 0 saturated carbocycles. The number of nitrogens with one attached hydrogen (secondary N) is 1. The molecule has 0 aliphatic carbocycles. The Morgan fingerprint density at radius 2 is 1.96 bits per heavy atom. The molecule has 0 bridgehead atoms. The Morgan fingerprint density at radius 3 is 2.56 bits per heavy atom. The highest BCUT2D eigenvalue weighted by molar-refractivity contribution is 5.94. The van der Waals surface area contributed by atoms with Gasteiger partial charge in [-0.2, -0.15) is 13.2 Å². The predicted molar refractivity (Wildman–Crippen MR) is 78.9 cm³/mol. The number of hydrogen-bond acceptors (Lipinski definition) is 3. The zero-order valence-electron chi connectivity index (χ0n) is 12.9. The maximum Gasteiger partial charge on any atom is 0.433 e. The average Bonchev–Trinajstić information content (AvgIpc) is 2.54. The first-order chi connectivity index (χ1) is 11.7. The minimum atomic E-state index is -4.65. The first kappa shape index (κ1) is 18.6. The molecule has 0 fully saturated rings. The van der Waals surface area contributed by atoms with Gasteiger partial charge in [0.15, 0.2) is 6.10 Å². The zero-order valence-corrected chi connectivity index (χ0v) is 12.9. The molecule has 2 aromatic rings. The fourth-order valence-electron chi connectivity index (χ4n) is 1.91. The third-order valence-electron chi connectivity index (χ3n) is 3.13. The van der Waals surface area contributed by atoms with E-state index < -0.39 is 41.4 Å². The van der Waals surface area contributed by atoms with Crippen molar-refractivity contribution in [1.82, 2.24) is 4.98 Å². The van der Waals surface area contributed by atoms with Crippen molar-refractivity contribution in [2.75, 3.05) is 5.32 Å². The summed E-state index contributed by atoms with van der Waals surface area (Å²) in [4.78, 5) is 15.4. The molecule has 25 heavy (non-hydrogen) atoms. The Morgan fingerprint density at radius 1 is 1.24 bits per heavy atom. The quantitative estimate of drug-likeness (QED) is 0.814. The second-order valence-electron chi connectivity index (χ2n) is 4.99. The Balaban J connectivity index is 2.13. The maximum absolute atomic E-state index is 13.6. The number of carbonyl (C=O) groups is 1. The number of hydrogen-bond donors (Lipinski definition) is 1. The van der Waals surface area contributed by atoms with Crippen molar-refractivity contribution >= 4 is 11.6 Å². The van der Waals surface area contributed by atoms with Gasteiger partial charge in [-0.15, -0.1) is 0 Å². The normalized spacial score (nSPS) is 12.6. The van der Waals surface area contributed by atoms with Crippen LogP contribution >= 0.6 is 0 Å². The molecule has 0 spiro atoms. The van der Waals surface area contributed by atoms with Crippen LogP contribution in [-0.2, 0) is 11.0 Å². The van der Waals surface area contributed by atoms with Gasteiger partial charge >= 0.3 is 6.18 Å². The number of nitrogens with zero attached hydrogens (tertiary/aromatic N) is 1. The highest BCUT2D eigenvalue weighted by Crippen LogP contribution is 2.29. The third-order valence-corrected chi connectivity index (χ3v) is 3.13. The molecule has 1 N–H and O–H groups in total. The number of alkyl halides is 3. The SMILES string of the molecule is CCC(Oc1cccc(C(F)(F)F)n1)C(=O)Nc1ccc(F)cc1F. The van der Waals surface area contributed by atoms with Crippen LogP contribution in [0.15, 0.2) is 36.4 Å². The topological polar surface area (TPSA) is 51.2 Å². The summed E-state index contributed by atoms with van der Waals surface area (Å²) in [5.74, 6) is -2.99. The van der Waals surface area contributed by atoms with E-state index in [1.807, 2.05) is 0 Å². The van der Waals surface area contributed by atoms with Crippen LogP contribution < -0.4 is 10.1 Å². The average molecular weight is 360 g/mol. The lowest BCUT2D eigenvalue weighted by Crippen LogP contribution is -2.33. The molecule has 1 atom stereocenters. The number of ether oxygens (including phenoxy) is 1. The molecule has 4 nitrogen and oxygen atoms in total. The molecule has 0 saturated heterocycles. The first-order valence-electron chi connectivity index (χ1n) is 7.17. The lowest BCUT2D eigenvalue weighted by atomic mass is 10.2. The van der Waals surface area contributed by atoms with Gasteiger partial charge in [0, 0.05) is 12.1 Å². The van der Waals surface area contributed by atoms with Crippen LogP contribution in [0.25, 0.3) is 0 Å². The molecule has 0 aliphatic rings. The van der Waals surface area contributed by atoms with E-state index in [0.717, 1.165) is 24.3 Å². The summed E-state index contributed by atoms with van der Waals surface area (Å²) in [6.45, 7) is 1.55. The summed E-state index contributed by atoms with van der Waals surface area (Å²) in [7, 11) is 0. The number of halogens is 5. The molecule has 1 unspecified atom stereocenters. The number of pyridine rings is 1. The van der Waals surface area contributed by atoms with Gasteiger partial charge in [-0.3, -0.25) is 4.79 Å². The summed E-state index contributed by atoms with van der Waals surface area (Å²) in [6, 6.07) is 5.60. The minimum Gasteiger partial charge on any atom is -0.464 e. The highest BCUT2D eigenvalue weighted by atomic mass is 19.4. The number of rotatable bonds is 5. The fourth-order valence-corrected chi connectivity index (χ4v) is 1.91. The van der Waals surface area contributed by atoms with Gasteiger partial charge in [-0.05, 0) is 24.6 Å². The maximum atomic E-state index is 13.6. The number of anilines is 1. The van der Waals surface area contributed by atoms with E-state index >= 15 is 0 Å². The summed E-state index contributed by atoms with van der Waals surface area (Å²) in [6.07, 6.45) is -5.77. The van der Waals surface area contributed by atoms with Crippen molar-refractivity contribution in [3.05, 3.63) is 53.7 Å². The van der Waals surface area contributed by atoms with Gasteiger partial charge in [0.05, 0.1) is 5.69 Å². The molecule has 2 rings (SSSR count). The van der Waals surface area contributed by atoms with Crippen molar-refractivity contribution < 1.29 is 31.5 Å². The monoisotopic (exact) mass is 360 g/mol. The summed E-state index contributed by atoms with van der Waals surface area (Å²) < 4.78 is 69.5. The molecule has 134 valence electrons. The molecule has 1 aromatic carbocycles. The van der Waals surface area contributed by atoms with Crippen LogP contribution in [0.3, 0.4) is 0 Å². The largest absolute Gasteiger partial charge is 0.464 e. The second-order valence-corrected chi connectivity index (χ2v) is 4.99. The van der Waals surface area contributed by atoms with Crippen LogP contribution in [0, 0.1) is 11.6 Å². The standard InChI is InChI=1S/C16H13F5N2O2/c1-2-12(15(24)22-11-7-6-9(17)8-10(11)18)25-14-5-3-4-13(23-14)16(19,20)21/h3-8,12H,2H2,1H3,(H,22,24). The van der Waals surface area contributed by atoms with Crippen LogP contribution in [-0.4, -0.2) is 17.0 Å². The predicted octanol–water partition coefficient (Wildman–Crippen LogP) is 4.17. The Kier molecular flexibility index (Phi) is 5.55. The Bertz CT molecular complexity index is 764. The van der Waals surface area contributed by atoms with E-state index in [4.69, 9.17) is 4.74 Å². The van der Waals surface area contributed by atoms with Crippen molar-refractivity contribution in [1.29, 1.82) is 0 Å². The fraction of sp³-hybridized carbons (Fsp3) is 0.250. The highest BCUT2D eigenvalue weighted by Gasteiger charge is 2.33. The number of aromatic nitrogens is 1. The molecule has 1 heterocycles. The van der Waals surface area contributed by atoms with Crippen LogP contribution in [0.1, 0.15) is 19.0 Å². The summed E-state index contributed by atoms with van der Waals surface area (Å²) in [5.41, 5.74) is -1.43. The molecule has 9 heteroatoms. The van der Waals surface area contributed by atoms with E-state index in [-0.39, 0.29) is 12.1 Å². The lowest BCUT2D eigenvalue weighted by Gasteiger charge is -2.17. The van der Waals surface area contributed by atoms with E-state index in [1.165, 1.54) is 6.07 Å². The number of amides is 1. The van der Waals surface area contributed by atoms with Crippen molar-refractivity contribution in [3.8, 4) is 5.88 Å². The van der Waals surface area contributed by atoms with E-state index in [0.29, 0.717) is 6.07 Å². The number of benzene rings is 1. The van der Waals surface area contributed by atoms with Gasteiger partial charge in [0.1, 0.15) is 17.3 Å². The second kappa shape index (κ2) is 7.45. The molecule has 1 amide bonds. The molecule has 1 aromatic heterocycles. The van der Waals surface area contributed by atoms with Crippen LogP contribution in [0.4, 0.5) is 27.6 Å². The number of carbonyl (C=O) groups excluding carboxylic acids is 1. The summed E-state index contributed by atoms with van der Waals surface area (Å²) in [5, 5.41) is 2.20. The van der Waals surface area contributed by atoms with Crippen molar-refractivity contribution in [2.24, 2.45) is 0 Å². The van der Waals surface area contributed by atoms with Gasteiger partial charge in [0.2, 0.25) is 5.88 Å². The van der Waals surface area contributed by atoms with Crippen molar-refractivity contribution in [3.63, 3.8) is 0 Å². The van der Waals surface area contributed by atoms with Crippen LogP contribution in [0.5, 0.6) is 5.88 Å². The smallest absolute Gasteiger partial charge is 0.433 e. The minimum absolute atomic E-state index is 0.0899. The lowest BCUT2D eigenvalue weighted by molar-refractivity contribution is -0.141. The van der Waals surface area contributed by atoms with E-state index in [1.54, 1.807) is 6.92 Å². The first-order valence-corrected chi connectivity index (χ1v) is 7.17. The van der Waals surface area contributed by atoms with Gasteiger partial charge in [0.25, 0.3) is 5.91 Å². The molecular weight excluding hydrogens is 347 g/mol. The van der Waals surface area contributed by atoms with E-state index in [2.05, 4.69) is 10.3 Å². The third kappa shape index (κ3) is 4.88. The zero-order chi connectivity index (χ0) is 18.6. The Labute approximate surface area is 139 Å². The van der Waals surface area contributed by atoms with Crippen molar-refractivity contribution in [2.45, 2.75) is 25.6 Å². The van der Waals surface area contributed by atoms with Gasteiger partial charge in [-0.1, -0.05) is 13.0 Å². The van der Waals surface area contributed by atoms with Gasteiger partial charge < -0.3 is 10.1 Å². The molecular formula is C16H13F5N2O2. The van der Waals surface area contributed by atoms with Crippen LogP contribution in [0.2, 0.25) is 0 Å². The molecule has 0 aliphatic heterocycles.